The number of aliphatic hydroxyl groups is 1. The summed E-state index contributed by atoms with van der Waals surface area (Å²) < 4.78 is 5.26. The van der Waals surface area contributed by atoms with Crippen molar-refractivity contribution in [2.24, 2.45) is 0 Å². The van der Waals surface area contributed by atoms with Gasteiger partial charge in [0.15, 0.2) is 5.58 Å². The molecule has 0 radical (unpaired) electrons. The third-order valence-electron chi connectivity index (χ3n) is 2.74. The van der Waals surface area contributed by atoms with Crippen LogP contribution in [0, 0.1) is 13.8 Å². The molecule has 18 heavy (non-hydrogen) atoms. The first kappa shape index (κ1) is 12.6. The van der Waals surface area contributed by atoms with E-state index in [2.05, 4.69) is 10.5 Å². The Labute approximate surface area is 105 Å². The van der Waals surface area contributed by atoms with Crippen molar-refractivity contribution in [3.63, 3.8) is 0 Å². The maximum atomic E-state index is 11.6. The van der Waals surface area contributed by atoms with Crippen LogP contribution in [0.25, 0.3) is 11.0 Å². The number of aromatic nitrogens is 1. The lowest BCUT2D eigenvalue weighted by Crippen LogP contribution is -2.27. The fourth-order valence-electron chi connectivity index (χ4n) is 1.98. The Morgan fingerprint density at radius 2 is 2.22 bits per heavy atom. The Balaban J connectivity index is 2.26. The third kappa shape index (κ3) is 2.51. The smallest absolute Gasteiger partial charge is 0.226 e. The summed E-state index contributed by atoms with van der Waals surface area (Å²) in [4.78, 5) is 11.6. The predicted octanol–water partition coefficient (Wildman–Crippen LogP) is 1.10. The lowest BCUT2D eigenvalue weighted by molar-refractivity contribution is -0.120. The van der Waals surface area contributed by atoms with Gasteiger partial charge in [0, 0.05) is 11.9 Å². The van der Waals surface area contributed by atoms with E-state index in [-0.39, 0.29) is 25.5 Å². The second kappa shape index (κ2) is 5.18. The van der Waals surface area contributed by atoms with Crippen LogP contribution in [0.2, 0.25) is 0 Å². The summed E-state index contributed by atoms with van der Waals surface area (Å²) in [5, 5.41) is 16.1. The first-order chi connectivity index (χ1) is 8.61. The van der Waals surface area contributed by atoms with Crippen LogP contribution in [0.1, 0.15) is 16.8 Å². The molecular weight excluding hydrogens is 232 g/mol. The average molecular weight is 248 g/mol. The van der Waals surface area contributed by atoms with Crippen molar-refractivity contribution in [1.29, 1.82) is 0 Å². The number of rotatable bonds is 4. The summed E-state index contributed by atoms with van der Waals surface area (Å²) in [7, 11) is 0. The monoisotopic (exact) mass is 248 g/mol. The standard InChI is InChI=1S/C13H16N2O3/c1-8-5-9(2)13-10(6-8)11(15-18-13)7-12(17)14-3-4-16/h5-6,16H,3-4,7H2,1-2H3,(H,14,17). The molecule has 0 aliphatic carbocycles. The van der Waals surface area contributed by atoms with Crippen molar-refractivity contribution in [2.75, 3.05) is 13.2 Å². The van der Waals surface area contributed by atoms with Crippen molar-refractivity contribution in [2.45, 2.75) is 20.3 Å². The lowest BCUT2D eigenvalue weighted by atomic mass is 10.1. The van der Waals surface area contributed by atoms with E-state index >= 15 is 0 Å². The van der Waals surface area contributed by atoms with E-state index in [4.69, 9.17) is 9.63 Å². The van der Waals surface area contributed by atoms with E-state index in [0.717, 1.165) is 22.1 Å². The van der Waals surface area contributed by atoms with Gasteiger partial charge in [0.05, 0.1) is 13.0 Å². The maximum absolute atomic E-state index is 11.6. The Morgan fingerprint density at radius 3 is 2.94 bits per heavy atom. The summed E-state index contributed by atoms with van der Waals surface area (Å²) in [6, 6.07) is 3.98. The number of hydrogen-bond donors (Lipinski definition) is 2. The average Bonchev–Trinajstić information content (AvgIpc) is 2.70. The number of nitrogens with zero attached hydrogens (tertiary/aromatic N) is 1. The number of fused-ring (bicyclic) bond motifs is 1. The Morgan fingerprint density at radius 1 is 1.44 bits per heavy atom. The molecule has 0 bridgehead atoms. The van der Waals surface area contributed by atoms with E-state index in [1.807, 2.05) is 26.0 Å². The molecule has 0 aliphatic heterocycles. The third-order valence-corrected chi connectivity index (χ3v) is 2.74. The molecule has 96 valence electrons. The highest BCUT2D eigenvalue weighted by Gasteiger charge is 2.13. The summed E-state index contributed by atoms with van der Waals surface area (Å²) in [6.45, 7) is 4.14. The molecular formula is C13H16N2O3. The van der Waals surface area contributed by atoms with Crippen LogP contribution < -0.4 is 5.32 Å². The predicted molar refractivity (Wildman–Crippen MR) is 67.3 cm³/mol. The molecule has 2 aromatic rings. The van der Waals surface area contributed by atoms with Crippen LogP contribution in [0.5, 0.6) is 0 Å². The van der Waals surface area contributed by atoms with E-state index in [1.165, 1.54) is 0 Å². The highest BCUT2D eigenvalue weighted by atomic mass is 16.5. The molecule has 0 atom stereocenters. The summed E-state index contributed by atoms with van der Waals surface area (Å²) in [5.41, 5.74) is 3.48. The highest BCUT2D eigenvalue weighted by Crippen LogP contribution is 2.23. The molecule has 1 aromatic heterocycles. The number of nitrogens with one attached hydrogen (secondary N) is 1. The number of aliphatic hydroxyl groups excluding tert-OH is 1. The van der Waals surface area contributed by atoms with Gasteiger partial charge in [0.1, 0.15) is 5.69 Å². The van der Waals surface area contributed by atoms with E-state index in [9.17, 15) is 4.79 Å². The SMILES string of the molecule is Cc1cc(C)c2onc(CC(=O)NCCO)c2c1. The Kier molecular flexibility index (Phi) is 3.62. The van der Waals surface area contributed by atoms with Crippen molar-refractivity contribution < 1.29 is 14.4 Å². The van der Waals surface area contributed by atoms with Crippen molar-refractivity contribution in [1.82, 2.24) is 10.5 Å². The summed E-state index contributed by atoms with van der Waals surface area (Å²) in [6.07, 6.45) is 0.163. The molecule has 1 aromatic carbocycles. The van der Waals surface area contributed by atoms with Gasteiger partial charge in [0.25, 0.3) is 0 Å². The van der Waals surface area contributed by atoms with Crippen LogP contribution >= 0.6 is 0 Å². The Hall–Kier alpha value is -1.88. The molecule has 0 saturated carbocycles. The number of carbonyl (C=O) groups is 1. The molecule has 2 rings (SSSR count). The quantitative estimate of drug-likeness (QED) is 0.849. The van der Waals surface area contributed by atoms with Gasteiger partial charge in [-0.3, -0.25) is 4.79 Å². The normalized spacial score (nSPS) is 10.8. The fraction of sp³-hybridized carbons (Fsp3) is 0.385. The number of hydrogen-bond acceptors (Lipinski definition) is 4. The second-order valence-electron chi connectivity index (χ2n) is 4.34. The van der Waals surface area contributed by atoms with E-state index in [0.29, 0.717) is 5.69 Å². The number of aryl methyl sites for hydroxylation is 2. The van der Waals surface area contributed by atoms with Gasteiger partial charge in [-0.2, -0.15) is 0 Å². The highest BCUT2D eigenvalue weighted by molar-refractivity contribution is 5.88. The fourth-order valence-corrected chi connectivity index (χ4v) is 1.98. The lowest BCUT2D eigenvalue weighted by Gasteiger charge is -2.01. The zero-order valence-corrected chi connectivity index (χ0v) is 10.5. The van der Waals surface area contributed by atoms with Crippen LogP contribution in [0.4, 0.5) is 0 Å². The molecule has 5 nitrogen and oxygen atoms in total. The van der Waals surface area contributed by atoms with Gasteiger partial charge in [0.2, 0.25) is 5.91 Å². The molecule has 0 unspecified atom stereocenters. The summed E-state index contributed by atoms with van der Waals surface area (Å²) >= 11 is 0. The zero-order chi connectivity index (χ0) is 13.1. The molecule has 0 spiro atoms. The van der Waals surface area contributed by atoms with Gasteiger partial charge in [-0.25, -0.2) is 0 Å². The first-order valence-corrected chi connectivity index (χ1v) is 5.85. The summed E-state index contributed by atoms with van der Waals surface area (Å²) in [5.74, 6) is -0.168. The minimum absolute atomic E-state index is 0.0660. The minimum atomic E-state index is -0.168. The van der Waals surface area contributed by atoms with Gasteiger partial charge in [-0.05, 0) is 31.0 Å². The van der Waals surface area contributed by atoms with Gasteiger partial charge < -0.3 is 14.9 Å². The molecule has 1 heterocycles. The molecule has 5 heteroatoms. The van der Waals surface area contributed by atoms with Crippen LogP contribution in [0.3, 0.4) is 0 Å². The number of benzene rings is 1. The molecule has 1 amide bonds. The van der Waals surface area contributed by atoms with Gasteiger partial charge >= 0.3 is 0 Å². The molecule has 0 fully saturated rings. The molecule has 0 saturated heterocycles. The number of amides is 1. The van der Waals surface area contributed by atoms with E-state index < -0.39 is 0 Å². The molecule has 2 N–H and O–H groups in total. The van der Waals surface area contributed by atoms with Crippen molar-refractivity contribution in [3.05, 3.63) is 29.0 Å². The maximum Gasteiger partial charge on any atom is 0.226 e. The van der Waals surface area contributed by atoms with E-state index in [1.54, 1.807) is 0 Å². The van der Waals surface area contributed by atoms with Crippen molar-refractivity contribution >= 4 is 16.9 Å². The van der Waals surface area contributed by atoms with Crippen LogP contribution in [0.15, 0.2) is 16.7 Å². The first-order valence-electron chi connectivity index (χ1n) is 5.85. The van der Waals surface area contributed by atoms with Gasteiger partial charge in [-0.15, -0.1) is 0 Å². The molecule has 0 aliphatic rings. The van der Waals surface area contributed by atoms with Crippen LogP contribution in [-0.4, -0.2) is 29.3 Å². The van der Waals surface area contributed by atoms with Gasteiger partial charge in [-0.1, -0.05) is 11.2 Å². The van der Waals surface area contributed by atoms with Crippen molar-refractivity contribution in [3.8, 4) is 0 Å². The largest absolute Gasteiger partial charge is 0.395 e. The van der Waals surface area contributed by atoms with Crippen LogP contribution in [-0.2, 0) is 11.2 Å². The second-order valence-corrected chi connectivity index (χ2v) is 4.34. The number of carbonyl (C=O) groups excluding carboxylic acids is 1. The zero-order valence-electron chi connectivity index (χ0n) is 10.5. The Bertz CT molecular complexity index is 575. The topological polar surface area (TPSA) is 75.4 Å². The minimum Gasteiger partial charge on any atom is -0.395 e.